The second kappa shape index (κ2) is 6.04. The molecule has 0 radical (unpaired) electrons. The highest BCUT2D eigenvalue weighted by Gasteiger charge is 2.20. The number of halogens is 3. The molecule has 1 atom stereocenters. The molecule has 2 aromatic rings. The quantitative estimate of drug-likeness (QED) is 0.876. The van der Waals surface area contributed by atoms with Crippen molar-refractivity contribution in [1.29, 1.82) is 0 Å². The van der Waals surface area contributed by atoms with Gasteiger partial charge in [0.2, 0.25) is 0 Å². The lowest BCUT2D eigenvalue weighted by molar-refractivity contribution is 0.538. The normalized spacial score (nSPS) is 12.4. The van der Waals surface area contributed by atoms with E-state index in [1.807, 2.05) is 6.92 Å². The molecular weight excluding hydrogens is 272 g/mol. The van der Waals surface area contributed by atoms with E-state index in [0.29, 0.717) is 12.2 Å². The van der Waals surface area contributed by atoms with Crippen LogP contribution in [0.15, 0.2) is 30.7 Å². The zero-order chi connectivity index (χ0) is 13.8. The molecule has 0 aliphatic rings. The van der Waals surface area contributed by atoms with Crippen molar-refractivity contribution in [3.05, 3.63) is 58.6 Å². The SMILES string of the molecule is CCNC(c1cnccn1)c1cc(F)c(Cl)cc1F. The lowest BCUT2D eigenvalue weighted by Gasteiger charge is -2.18. The number of aromatic nitrogens is 2. The van der Waals surface area contributed by atoms with Crippen LogP contribution in [0, 0.1) is 11.6 Å². The summed E-state index contributed by atoms with van der Waals surface area (Å²) in [5.41, 5.74) is 0.675. The molecule has 0 bridgehead atoms. The Labute approximate surface area is 114 Å². The molecule has 2 rings (SSSR count). The van der Waals surface area contributed by atoms with Crippen molar-refractivity contribution >= 4 is 11.6 Å². The predicted octanol–water partition coefficient (Wildman–Crippen LogP) is 3.11. The fraction of sp³-hybridized carbons (Fsp3) is 0.231. The number of benzene rings is 1. The van der Waals surface area contributed by atoms with Gasteiger partial charge in [0.25, 0.3) is 0 Å². The van der Waals surface area contributed by atoms with Crippen LogP contribution in [0.5, 0.6) is 0 Å². The summed E-state index contributed by atoms with van der Waals surface area (Å²) in [5, 5.41) is 2.81. The Kier molecular flexibility index (Phi) is 4.39. The van der Waals surface area contributed by atoms with Crippen molar-refractivity contribution in [2.75, 3.05) is 6.54 Å². The zero-order valence-corrected chi connectivity index (χ0v) is 11.0. The van der Waals surface area contributed by atoms with Gasteiger partial charge < -0.3 is 5.32 Å². The first-order chi connectivity index (χ1) is 9.13. The molecule has 19 heavy (non-hydrogen) atoms. The molecule has 1 heterocycles. The molecule has 0 aliphatic carbocycles. The van der Waals surface area contributed by atoms with E-state index in [9.17, 15) is 8.78 Å². The van der Waals surface area contributed by atoms with E-state index in [4.69, 9.17) is 11.6 Å². The Morgan fingerprint density at radius 3 is 2.68 bits per heavy atom. The summed E-state index contributed by atoms with van der Waals surface area (Å²) in [6, 6.07) is 1.48. The molecule has 0 spiro atoms. The minimum absolute atomic E-state index is 0.157. The minimum atomic E-state index is -0.662. The van der Waals surface area contributed by atoms with Gasteiger partial charge in [0, 0.05) is 18.0 Å². The topological polar surface area (TPSA) is 37.8 Å². The van der Waals surface area contributed by atoms with Gasteiger partial charge in [0.05, 0.1) is 23.0 Å². The molecule has 6 heteroatoms. The van der Waals surface area contributed by atoms with Crippen molar-refractivity contribution in [3.8, 4) is 0 Å². The molecule has 0 fully saturated rings. The number of hydrogen-bond acceptors (Lipinski definition) is 3. The Morgan fingerprint density at radius 1 is 1.26 bits per heavy atom. The van der Waals surface area contributed by atoms with E-state index in [2.05, 4.69) is 15.3 Å². The van der Waals surface area contributed by atoms with Crippen LogP contribution >= 0.6 is 11.6 Å². The van der Waals surface area contributed by atoms with E-state index < -0.39 is 17.7 Å². The van der Waals surface area contributed by atoms with Crippen molar-refractivity contribution < 1.29 is 8.78 Å². The van der Waals surface area contributed by atoms with Gasteiger partial charge in [-0.05, 0) is 18.7 Å². The van der Waals surface area contributed by atoms with Crippen LogP contribution in [0.3, 0.4) is 0 Å². The third-order valence-electron chi connectivity index (χ3n) is 2.64. The summed E-state index contributed by atoms with van der Waals surface area (Å²) in [6.45, 7) is 2.44. The summed E-state index contributed by atoms with van der Waals surface area (Å²) in [6.07, 6.45) is 4.54. The van der Waals surface area contributed by atoms with E-state index >= 15 is 0 Å². The van der Waals surface area contributed by atoms with Gasteiger partial charge >= 0.3 is 0 Å². The second-order valence-corrected chi connectivity index (χ2v) is 4.32. The Hall–Kier alpha value is -1.59. The van der Waals surface area contributed by atoms with Crippen LogP contribution in [-0.2, 0) is 0 Å². The molecular formula is C13H12ClF2N3. The summed E-state index contributed by atoms with van der Waals surface area (Å²) < 4.78 is 27.5. The smallest absolute Gasteiger partial charge is 0.142 e. The Morgan fingerprint density at radius 2 is 2.05 bits per heavy atom. The van der Waals surface area contributed by atoms with Crippen LogP contribution < -0.4 is 5.32 Å². The number of rotatable bonds is 4. The fourth-order valence-electron chi connectivity index (χ4n) is 1.80. The van der Waals surface area contributed by atoms with Crippen molar-refractivity contribution in [2.24, 2.45) is 0 Å². The summed E-state index contributed by atoms with van der Waals surface area (Å²) in [4.78, 5) is 8.06. The molecule has 1 aromatic carbocycles. The third-order valence-corrected chi connectivity index (χ3v) is 2.93. The maximum atomic E-state index is 14.0. The first-order valence-electron chi connectivity index (χ1n) is 5.77. The molecule has 0 aliphatic heterocycles. The van der Waals surface area contributed by atoms with Gasteiger partial charge in [0.15, 0.2) is 0 Å². The van der Waals surface area contributed by atoms with Gasteiger partial charge in [0.1, 0.15) is 11.6 Å². The summed E-state index contributed by atoms with van der Waals surface area (Å²) in [5.74, 6) is -1.24. The van der Waals surface area contributed by atoms with Crippen LogP contribution in [-0.4, -0.2) is 16.5 Å². The molecule has 0 saturated heterocycles. The molecule has 100 valence electrons. The second-order valence-electron chi connectivity index (χ2n) is 3.91. The average molecular weight is 284 g/mol. The largest absolute Gasteiger partial charge is 0.305 e. The maximum Gasteiger partial charge on any atom is 0.142 e. The Bertz CT molecular complexity index is 563. The molecule has 0 amide bonds. The van der Waals surface area contributed by atoms with Gasteiger partial charge in [-0.1, -0.05) is 18.5 Å². The van der Waals surface area contributed by atoms with Crippen molar-refractivity contribution in [2.45, 2.75) is 13.0 Å². The molecule has 1 N–H and O–H groups in total. The molecule has 1 unspecified atom stereocenters. The van der Waals surface area contributed by atoms with Crippen molar-refractivity contribution in [3.63, 3.8) is 0 Å². The summed E-state index contributed by atoms with van der Waals surface area (Å²) >= 11 is 5.55. The van der Waals surface area contributed by atoms with Gasteiger partial charge in [-0.2, -0.15) is 0 Å². The zero-order valence-electron chi connectivity index (χ0n) is 10.2. The fourth-order valence-corrected chi connectivity index (χ4v) is 1.95. The number of nitrogens with one attached hydrogen (secondary N) is 1. The van der Waals surface area contributed by atoms with E-state index in [0.717, 1.165) is 12.1 Å². The molecule has 0 saturated carbocycles. The highest BCUT2D eigenvalue weighted by atomic mass is 35.5. The highest BCUT2D eigenvalue weighted by Crippen LogP contribution is 2.27. The predicted molar refractivity (Wildman–Crippen MR) is 68.9 cm³/mol. The van der Waals surface area contributed by atoms with Crippen LogP contribution in [0.2, 0.25) is 5.02 Å². The number of nitrogens with zero attached hydrogens (tertiary/aromatic N) is 2. The first kappa shape index (κ1) is 13.8. The average Bonchev–Trinajstić information content (AvgIpc) is 2.42. The number of hydrogen-bond donors (Lipinski definition) is 1. The van der Waals surface area contributed by atoms with Crippen LogP contribution in [0.1, 0.15) is 24.2 Å². The standard InChI is InChI=1S/C13H12ClF2N3/c1-2-18-13(12-7-17-3-4-19-12)8-5-11(16)9(14)6-10(8)15/h3-7,13,18H,2H2,1H3. The van der Waals surface area contributed by atoms with E-state index in [-0.39, 0.29) is 10.6 Å². The van der Waals surface area contributed by atoms with E-state index in [1.165, 1.54) is 18.6 Å². The lowest BCUT2D eigenvalue weighted by Crippen LogP contribution is -2.24. The van der Waals surface area contributed by atoms with Gasteiger partial charge in [-0.15, -0.1) is 0 Å². The minimum Gasteiger partial charge on any atom is -0.305 e. The third kappa shape index (κ3) is 3.05. The maximum absolute atomic E-state index is 14.0. The Balaban J connectivity index is 2.48. The van der Waals surface area contributed by atoms with Crippen molar-refractivity contribution in [1.82, 2.24) is 15.3 Å². The lowest BCUT2D eigenvalue weighted by atomic mass is 10.0. The highest BCUT2D eigenvalue weighted by molar-refractivity contribution is 6.30. The summed E-state index contributed by atoms with van der Waals surface area (Å²) in [7, 11) is 0. The molecule has 1 aromatic heterocycles. The van der Waals surface area contributed by atoms with Crippen LogP contribution in [0.25, 0.3) is 0 Å². The monoisotopic (exact) mass is 283 g/mol. The molecule has 3 nitrogen and oxygen atoms in total. The van der Waals surface area contributed by atoms with Gasteiger partial charge in [-0.25, -0.2) is 8.78 Å². The van der Waals surface area contributed by atoms with Crippen LogP contribution in [0.4, 0.5) is 8.78 Å². The first-order valence-corrected chi connectivity index (χ1v) is 6.15. The van der Waals surface area contributed by atoms with E-state index in [1.54, 1.807) is 0 Å². The van der Waals surface area contributed by atoms with Gasteiger partial charge in [-0.3, -0.25) is 9.97 Å².